The fraction of sp³-hybridized carbons (Fsp3) is 0.464. The van der Waals surface area contributed by atoms with Gasteiger partial charge in [-0.3, -0.25) is 9.59 Å². The molecular weight excluding hydrogens is 580 g/mol. The van der Waals surface area contributed by atoms with Crippen LogP contribution in [0.5, 0.6) is 5.75 Å². The number of carbonyl (C=O) groups excluding carboxylic acids is 2. The third-order valence-electron chi connectivity index (χ3n) is 8.36. The summed E-state index contributed by atoms with van der Waals surface area (Å²) in [5.74, 6) is -2.15. The number of nitrogens with zero attached hydrogens (tertiary/aromatic N) is 2. The summed E-state index contributed by atoms with van der Waals surface area (Å²) in [6, 6.07) is 4.52. The van der Waals surface area contributed by atoms with E-state index in [1.807, 2.05) is 0 Å². The van der Waals surface area contributed by atoms with E-state index in [4.69, 9.17) is 4.74 Å². The normalized spacial score (nSPS) is 26.9. The molecule has 2 amide bonds. The molecular formula is C28H28F4N4O5S. The number of alkyl halides is 4. The number of amides is 2. The van der Waals surface area contributed by atoms with Gasteiger partial charge in [0.2, 0.25) is 10.0 Å². The minimum Gasteiger partial charge on any atom is -0.484 e. The monoisotopic (exact) mass is 608 g/mol. The number of carbonyl (C=O) groups is 2. The van der Waals surface area contributed by atoms with Gasteiger partial charge in [-0.15, -0.1) is 0 Å². The summed E-state index contributed by atoms with van der Waals surface area (Å²) in [5, 5.41) is 6.82. The second kappa shape index (κ2) is 9.41. The summed E-state index contributed by atoms with van der Waals surface area (Å²) >= 11 is 0. The Balaban J connectivity index is 1.40. The molecule has 0 saturated heterocycles. The molecule has 224 valence electrons. The van der Waals surface area contributed by atoms with E-state index in [9.17, 15) is 31.2 Å². The number of sulfonamides is 1. The average molecular weight is 609 g/mol. The van der Waals surface area contributed by atoms with E-state index >= 15 is 4.39 Å². The maximum atomic E-state index is 15.3. The molecule has 1 saturated carbocycles. The van der Waals surface area contributed by atoms with Gasteiger partial charge in [0.05, 0.1) is 27.7 Å². The SMILES string of the molecule is CC1C=CC(n2nc3c(c2C(=O)NS(=O)(=O)C2CC2)C(=O)N[C@@]2(CCc4cc(OCC(F)(F)F)ccc42)C3)=CC1(C)F. The van der Waals surface area contributed by atoms with Crippen molar-refractivity contribution in [3.05, 3.63) is 64.5 Å². The van der Waals surface area contributed by atoms with Gasteiger partial charge in [-0.25, -0.2) is 22.2 Å². The van der Waals surface area contributed by atoms with E-state index in [0.717, 1.165) is 4.68 Å². The smallest absolute Gasteiger partial charge is 0.422 e. The topological polar surface area (TPSA) is 119 Å². The van der Waals surface area contributed by atoms with Gasteiger partial charge in [-0.05, 0) is 68.0 Å². The largest absolute Gasteiger partial charge is 0.484 e. The van der Waals surface area contributed by atoms with Gasteiger partial charge in [-0.1, -0.05) is 19.1 Å². The van der Waals surface area contributed by atoms with Crippen molar-refractivity contribution < 1.29 is 40.3 Å². The van der Waals surface area contributed by atoms with Crippen molar-refractivity contribution in [1.29, 1.82) is 0 Å². The molecule has 2 N–H and O–H groups in total. The lowest BCUT2D eigenvalue weighted by molar-refractivity contribution is -0.153. The fourth-order valence-corrected chi connectivity index (χ4v) is 7.08. The highest BCUT2D eigenvalue weighted by atomic mass is 32.2. The standard InChI is InChI=1S/C28H28F4N4O5S/c1-15-3-4-17(12-26(15,2)29)36-23(25(38)35-42(39,40)19-6-7-19)22-21(34-36)13-27(33-24(22)37)10-9-16-11-18(5-8-20(16)27)41-14-28(30,31)32/h3-5,8,11-12,15,19H,6-7,9-10,13-14H2,1-2H3,(H,33,37)(H,35,38)/t15?,26?,27-/m0/s1. The minimum absolute atomic E-state index is 0.0468. The quantitative estimate of drug-likeness (QED) is 0.480. The van der Waals surface area contributed by atoms with E-state index in [0.29, 0.717) is 36.8 Å². The molecule has 1 spiro atoms. The van der Waals surface area contributed by atoms with Gasteiger partial charge < -0.3 is 10.1 Å². The summed E-state index contributed by atoms with van der Waals surface area (Å²) in [7, 11) is -3.98. The van der Waals surface area contributed by atoms with Crippen molar-refractivity contribution in [2.24, 2.45) is 5.92 Å². The first-order valence-electron chi connectivity index (χ1n) is 13.5. The number of rotatable bonds is 6. The van der Waals surface area contributed by atoms with Gasteiger partial charge in [-0.2, -0.15) is 18.3 Å². The van der Waals surface area contributed by atoms with Crippen LogP contribution in [-0.2, 0) is 28.4 Å². The Morgan fingerprint density at radius 3 is 2.69 bits per heavy atom. The third kappa shape index (κ3) is 4.99. The van der Waals surface area contributed by atoms with Gasteiger partial charge in [0.1, 0.15) is 17.1 Å². The maximum Gasteiger partial charge on any atom is 0.422 e. The summed E-state index contributed by atoms with van der Waals surface area (Å²) in [6.07, 6.45) is 1.75. The first kappa shape index (κ1) is 28.4. The van der Waals surface area contributed by atoms with Crippen LogP contribution in [0.1, 0.15) is 70.8 Å². The van der Waals surface area contributed by atoms with Gasteiger partial charge >= 0.3 is 6.18 Å². The average Bonchev–Trinajstić information content (AvgIpc) is 3.62. The predicted octanol–water partition coefficient (Wildman–Crippen LogP) is 3.95. The van der Waals surface area contributed by atoms with Crippen LogP contribution in [0.15, 0.2) is 36.4 Å². The molecule has 1 aliphatic heterocycles. The third-order valence-corrected chi connectivity index (χ3v) is 10.2. The zero-order chi connectivity index (χ0) is 30.2. The Morgan fingerprint density at radius 1 is 1.29 bits per heavy atom. The second-order valence-electron chi connectivity index (χ2n) is 11.6. The van der Waals surface area contributed by atoms with Crippen LogP contribution < -0.4 is 14.8 Å². The molecule has 2 aromatic rings. The van der Waals surface area contributed by atoms with Gasteiger partial charge in [0.25, 0.3) is 11.8 Å². The Labute approximate surface area is 239 Å². The van der Waals surface area contributed by atoms with E-state index in [1.54, 1.807) is 25.1 Å². The molecule has 1 aromatic carbocycles. The number of fused-ring (bicyclic) bond motifs is 3. The van der Waals surface area contributed by atoms with Crippen LogP contribution in [0.25, 0.3) is 5.70 Å². The number of hydrogen-bond donors (Lipinski definition) is 2. The fourth-order valence-electron chi connectivity index (χ4n) is 5.80. The second-order valence-corrected chi connectivity index (χ2v) is 13.5. The number of aromatic nitrogens is 2. The molecule has 2 heterocycles. The first-order chi connectivity index (χ1) is 19.6. The van der Waals surface area contributed by atoms with Crippen molar-refractivity contribution in [1.82, 2.24) is 19.8 Å². The minimum atomic E-state index is -4.49. The Hall–Kier alpha value is -3.68. The predicted molar refractivity (Wildman–Crippen MR) is 143 cm³/mol. The molecule has 2 unspecified atom stereocenters. The number of ether oxygens (including phenoxy) is 1. The van der Waals surface area contributed by atoms with E-state index in [-0.39, 0.29) is 34.8 Å². The number of nitrogens with one attached hydrogen (secondary N) is 2. The van der Waals surface area contributed by atoms with Crippen molar-refractivity contribution in [3.8, 4) is 5.75 Å². The van der Waals surface area contributed by atoms with Crippen LogP contribution in [0.3, 0.4) is 0 Å². The van der Waals surface area contributed by atoms with E-state index in [2.05, 4.69) is 15.1 Å². The molecule has 3 aliphatic carbocycles. The van der Waals surface area contributed by atoms with E-state index < -0.39 is 57.0 Å². The molecule has 14 heteroatoms. The Morgan fingerprint density at radius 2 is 2.02 bits per heavy atom. The highest BCUT2D eigenvalue weighted by Gasteiger charge is 2.48. The number of hydrogen-bond acceptors (Lipinski definition) is 6. The lowest BCUT2D eigenvalue weighted by Crippen LogP contribution is -2.50. The van der Waals surface area contributed by atoms with Crippen LogP contribution in [0.2, 0.25) is 0 Å². The molecule has 9 nitrogen and oxygen atoms in total. The molecule has 3 atom stereocenters. The van der Waals surface area contributed by atoms with Crippen LogP contribution in [0.4, 0.5) is 17.6 Å². The molecule has 0 radical (unpaired) electrons. The molecule has 1 aromatic heterocycles. The van der Waals surface area contributed by atoms with Crippen LogP contribution >= 0.6 is 0 Å². The van der Waals surface area contributed by atoms with Crippen LogP contribution in [0, 0.1) is 5.92 Å². The van der Waals surface area contributed by atoms with Crippen LogP contribution in [-0.4, -0.2) is 53.7 Å². The molecule has 0 bridgehead atoms. The van der Waals surface area contributed by atoms with Crippen molar-refractivity contribution in [2.75, 3.05) is 6.61 Å². The van der Waals surface area contributed by atoms with Crippen molar-refractivity contribution >= 4 is 27.5 Å². The Kier molecular flexibility index (Phi) is 6.37. The molecule has 1 fully saturated rings. The zero-order valence-electron chi connectivity index (χ0n) is 22.7. The van der Waals surface area contributed by atoms with E-state index in [1.165, 1.54) is 25.1 Å². The number of halogens is 4. The summed E-state index contributed by atoms with van der Waals surface area (Å²) in [6.45, 7) is 1.62. The number of aryl methyl sites for hydroxylation is 1. The number of benzene rings is 1. The molecule has 4 aliphatic rings. The summed E-state index contributed by atoms with van der Waals surface area (Å²) in [4.78, 5) is 27.2. The van der Waals surface area contributed by atoms with Gasteiger partial charge in [0.15, 0.2) is 6.61 Å². The highest BCUT2D eigenvalue weighted by Crippen LogP contribution is 2.44. The lowest BCUT2D eigenvalue weighted by Gasteiger charge is -2.35. The van der Waals surface area contributed by atoms with Crippen molar-refractivity contribution in [3.63, 3.8) is 0 Å². The first-order valence-corrected chi connectivity index (χ1v) is 15.1. The van der Waals surface area contributed by atoms with Gasteiger partial charge in [0, 0.05) is 12.3 Å². The number of allylic oxidation sites excluding steroid dienone is 4. The molecule has 42 heavy (non-hydrogen) atoms. The van der Waals surface area contributed by atoms with Crippen molar-refractivity contribution in [2.45, 2.75) is 68.6 Å². The molecule has 6 rings (SSSR count). The zero-order valence-corrected chi connectivity index (χ0v) is 23.5. The summed E-state index contributed by atoms with van der Waals surface area (Å²) < 4.78 is 86.5. The lowest BCUT2D eigenvalue weighted by atomic mass is 9.82. The Bertz CT molecular complexity index is 1670. The highest BCUT2D eigenvalue weighted by molar-refractivity contribution is 7.91. The summed E-state index contributed by atoms with van der Waals surface area (Å²) in [5.41, 5.74) is -1.44. The maximum absolute atomic E-state index is 15.3.